The Balaban J connectivity index is 1.57. The van der Waals surface area contributed by atoms with Crippen molar-refractivity contribution in [2.45, 2.75) is 26.8 Å². The number of hydrogen-bond donors (Lipinski definition) is 2. The van der Waals surface area contributed by atoms with Gasteiger partial charge in [-0.05, 0) is 60.5 Å². The molecule has 0 radical (unpaired) electrons. The lowest BCUT2D eigenvalue weighted by molar-refractivity contribution is -0.114. The molecule has 2 aromatic carbocycles. The van der Waals surface area contributed by atoms with Crippen LogP contribution in [0.25, 0.3) is 5.65 Å². The summed E-state index contributed by atoms with van der Waals surface area (Å²) in [7, 11) is 6.11. The maximum absolute atomic E-state index is 13.0. The molecule has 186 valence electrons. The van der Waals surface area contributed by atoms with E-state index in [2.05, 4.69) is 51.6 Å². The number of aryl methyl sites for hydroxylation is 1. The molecule has 4 rings (SSSR count). The minimum absolute atomic E-state index is 0.141. The third-order valence-electron chi connectivity index (χ3n) is 5.96. The average Bonchev–Trinajstić information content (AvgIpc) is 3.23. The maximum atomic E-state index is 13.0. The molecule has 2 aromatic heterocycles. The standard InChI is InChI=1S/C28H32N6O2/c1-6-25-28(33(5)17-20-7-14-24(15-8-20)32(3)4)34-18-21(9-16-26(34)31-25)27(36)30-23-12-10-22(11-13-23)29-19(2)35/h7-16,18H,6,17H2,1-5H3,(H,29,35)(H,30,36). The largest absolute Gasteiger partial charge is 0.378 e. The van der Waals surface area contributed by atoms with Gasteiger partial charge in [-0.25, -0.2) is 4.98 Å². The SMILES string of the molecule is CCc1nc2ccc(C(=O)Nc3ccc(NC(C)=O)cc3)cn2c1N(C)Cc1ccc(N(C)C)cc1. The van der Waals surface area contributed by atoms with Crippen molar-refractivity contribution in [2.75, 3.05) is 41.6 Å². The summed E-state index contributed by atoms with van der Waals surface area (Å²) in [4.78, 5) is 33.3. The molecule has 8 nitrogen and oxygen atoms in total. The molecule has 2 amide bonds. The number of imidazole rings is 1. The Hall–Kier alpha value is -4.33. The number of aromatic nitrogens is 2. The minimum atomic E-state index is -0.219. The Kier molecular flexibility index (Phi) is 7.24. The first kappa shape index (κ1) is 24.8. The Morgan fingerprint density at radius 2 is 1.53 bits per heavy atom. The number of amides is 2. The fourth-order valence-corrected chi connectivity index (χ4v) is 4.15. The summed E-state index contributed by atoms with van der Waals surface area (Å²) in [6.45, 7) is 4.26. The number of pyridine rings is 1. The first-order valence-electron chi connectivity index (χ1n) is 11.9. The van der Waals surface area contributed by atoms with Crippen molar-refractivity contribution in [3.05, 3.63) is 83.7 Å². The van der Waals surface area contributed by atoms with E-state index in [1.165, 1.54) is 12.5 Å². The lowest BCUT2D eigenvalue weighted by atomic mass is 10.2. The first-order valence-corrected chi connectivity index (χ1v) is 11.9. The second-order valence-corrected chi connectivity index (χ2v) is 9.01. The predicted molar refractivity (Wildman–Crippen MR) is 146 cm³/mol. The molecule has 4 aromatic rings. The van der Waals surface area contributed by atoms with Crippen LogP contribution in [0.15, 0.2) is 66.9 Å². The van der Waals surface area contributed by atoms with E-state index in [0.29, 0.717) is 23.5 Å². The van der Waals surface area contributed by atoms with Crippen LogP contribution in [0.5, 0.6) is 0 Å². The Morgan fingerprint density at radius 1 is 0.889 bits per heavy atom. The number of benzene rings is 2. The molecule has 0 bridgehead atoms. The van der Waals surface area contributed by atoms with Crippen LogP contribution in [0.1, 0.15) is 35.5 Å². The van der Waals surface area contributed by atoms with E-state index in [0.717, 1.165) is 29.3 Å². The van der Waals surface area contributed by atoms with Crippen molar-refractivity contribution >= 4 is 40.3 Å². The van der Waals surface area contributed by atoms with Crippen LogP contribution in [0.4, 0.5) is 22.9 Å². The second kappa shape index (κ2) is 10.5. The van der Waals surface area contributed by atoms with Gasteiger partial charge in [0.1, 0.15) is 11.5 Å². The molecule has 0 unspecified atom stereocenters. The van der Waals surface area contributed by atoms with Gasteiger partial charge in [-0.2, -0.15) is 0 Å². The van der Waals surface area contributed by atoms with Crippen LogP contribution in [0.2, 0.25) is 0 Å². The molecule has 0 atom stereocenters. The molecule has 0 saturated carbocycles. The summed E-state index contributed by atoms with van der Waals surface area (Å²) >= 11 is 0. The maximum Gasteiger partial charge on any atom is 0.257 e. The van der Waals surface area contributed by atoms with Crippen molar-refractivity contribution in [1.29, 1.82) is 0 Å². The van der Waals surface area contributed by atoms with Gasteiger partial charge in [0, 0.05) is 57.9 Å². The van der Waals surface area contributed by atoms with E-state index in [-0.39, 0.29) is 11.8 Å². The van der Waals surface area contributed by atoms with E-state index in [9.17, 15) is 9.59 Å². The summed E-state index contributed by atoms with van der Waals surface area (Å²) in [5, 5.41) is 5.64. The zero-order valence-electron chi connectivity index (χ0n) is 21.4. The summed E-state index contributed by atoms with van der Waals surface area (Å²) in [5.41, 5.74) is 5.98. The van der Waals surface area contributed by atoms with E-state index in [1.54, 1.807) is 30.3 Å². The molecule has 0 aliphatic carbocycles. The van der Waals surface area contributed by atoms with Gasteiger partial charge >= 0.3 is 0 Å². The molecule has 0 aliphatic heterocycles. The zero-order valence-corrected chi connectivity index (χ0v) is 21.4. The van der Waals surface area contributed by atoms with Crippen molar-refractivity contribution in [3.8, 4) is 0 Å². The Labute approximate surface area is 211 Å². The third kappa shape index (κ3) is 5.49. The highest BCUT2D eigenvalue weighted by atomic mass is 16.2. The Bertz CT molecular complexity index is 1370. The van der Waals surface area contributed by atoms with Crippen LogP contribution < -0.4 is 20.4 Å². The van der Waals surface area contributed by atoms with Crippen molar-refractivity contribution < 1.29 is 9.59 Å². The molecule has 2 heterocycles. The molecule has 0 saturated heterocycles. The van der Waals surface area contributed by atoms with Gasteiger partial charge in [0.05, 0.1) is 11.3 Å². The van der Waals surface area contributed by atoms with Gasteiger partial charge in [0.2, 0.25) is 5.91 Å². The van der Waals surface area contributed by atoms with Crippen molar-refractivity contribution in [2.24, 2.45) is 0 Å². The highest BCUT2D eigenvalue weighted by molar-refractivity contribution is 6.04. The van der Waals surface area contributed by atoms with Gasteiger partial charge < -0.3 is 20.4 Å². The molecular formula is C28H32N6O2. The average molecular weight is 485 g/mol. The smallest absolute Gasteiger partial charge is 0.257 e. The number of fused-ring (bicyclic) bond motifs is 1. The van der Waals surface area contributed by atoms with E-state index < -0.39 is 0 Å². The van der Waals surface area contributed by atoms with Crippen molar-refractivity contribution in [3.63, 3.8) is 0 Å². The summed E-state index contributed by atoms with van der Waals surface area (Å²) < 4.78 is 1.99. The summed E-state index contributed by atoms with van der Waals surface area (Å²) in [5.74, 6) is 0.612. The highest BCUT2D eigenvalue weighted by Gasteiger charge is 2.17. The van der Waals surface area contributed by atoms with Gasteiger partial charge in [-0.1, -0.05) is 19.1 Å². The zero-order chi connectivity index (χ0) is 25.8. The minimum Gasteiger partial charge on any atom is -0.378 e. The van der Waals surface area contributed by atoms with E-state index in [4.69, 9.17) is 4.98 Å². The van der Waals surface area contributed by atoms with E-state index in [1.807, 2.05) is 37.8 Å². The lowest BCUT2D eigenvalue weighted by Gasteiger charge is -2.21. The van der Waals surface area contributed by atoms with E-state index >= 15 is 0 Å². The van der Waals surface area contributed by atoms with Gasteiger partial charge in [0.15, 0.2) is 0 Å². The van der Waals surface area contributed by atoms with Crippen LogP contribution in [-0.4, -0.2) is 42.3 Å². The molecular weight excluding hydrogens is 452 g/mol. The van der Waals surface area contributed by atoms with Crippen LogP contribution in [0.3, 0.4) is 0 Å². The first-order chi connectivity index (χ1) is 17.2. The highest BCUT2D eigenvalue weighted by Crippen LogP contribution is 2.25. The molecule has 0 spiro atoms. The molecule has 0 fully saturated rings. The topological polar surface area (TPSA) is 82.0 Å². The normalized spacial score (nSPS) is 10.8. The summed E-state index contributed by atoms with van der Waals surface area (Å²) in [6.07, 6.45) is 2.62. The molecule has 8 heteroatoms. The third-order valence-corrected chi connectivity index (χ3v) is 5.96. The number of carbonyl (C=O) groups is 2. The lowest BCUT2D eigenvalue weighted by Crippen LogP contribution is -2.20. The fourth-order valence-electron chi connectivity index (χ4n) is 4.15. The number of nitrogens with one attached hydrogen (secondary N) is 2. The predicted octanol–water partition coefficient (Wildman–Crippen LogP) is 4.81. The van der Waals surface area contributed by atoms with Gasteiger partial charge in [-0.15, -0.1) is 0 Å². The second-order valence-electron chi connectivity index (χ2n) is 9.01. The van der Waals surface area contributed by atoms with Crippen LogP contribution in [-0.2, 0) is 17.8 Å². The molecule has 2 N–H and O–H groups in total. The number of nitrogens with zero attached hydrogens (tertiary/aromatic N) is 4. The monoisotopic (exact) mass is 484 g/mol. The van der Waals surface area contributed by atoms with Crippen LogP contribution in [0, 0.1) is 0 Å². The van der Waals surface area contributed by atoms with Crippen LogP contribution >= 0.6 is 0 Å². The number of anilines is 4. The molecule has 36 heavy (non-hydrogen) atoms. The van der Waals surface area contributed by atoms with Crippen molar-refractivity contribution in [1.82, 2.24) is 9.38 Å². The quantitative estimate of drug-likeness (QED) is 0.375. The Morgan fingerprint density at radius 3 is 2.11 bits per heavy atom. The number of hydrogen-bond acceptors (Lipinski definition) is 5. The fraction of sp³-hybridized carbons (Fsp3) is 0.250. The molecule has 0 aliphatic rings. The number of rotatable bonds is 8. The van der Waals surface area contributed by atoms with Gasteiger partial charge in [-0.3, -0.25) is 14.0 Å². The number of carbonyl (C=O) groups excluding carboxylic acids is 2. The van der Waals surface area contributed by atoms with Gasteiger partial charge in [0.25, 0.3) is 5.91 Å². The summed E-state index contributed by atoms with van der Waals surface area (Å²) in [6, 6.07) is 19.2.